The predicted molar refractivity (Wildman–Crippen MR) is 103 cm³/mol. The molecule has 144 valence electrons. The maximum Gasteiger partial charge on any atom is 0.0589 e. The van der Waals surface area contributed by atoms with Crippen LogP contribution in [0, 0.1) is 5.92 Å². The molecule has 3 aliphatic rings. The van der Waals surface area contributed by atoms with Crippen LogP contribution in [0.25, 0.3) is 0 Å². The number of hydrogen-bond donors (Lipinski definition) is 2. The monoisotopic (exact) mass is 351 g/mol. The molecule has 6 nitrogen and oxygen atoms in total. The molecule has 3 aliphatic heterocycles. The molecule has 3 heterocycles. The standard InChI is InChI=1S/C19H37N5O/c1-15-5-6-20-11-16(15)18-12-21-17(13-23(18)3)19-14-22(2)7-8-24(19)9-10-25-4/h5,16-21H,6-14H2,1-4H3. The largest absolute Gasteiger partial charge is 0.383 e. The first-order chi connectivity index (χ1) is 12.1. The van der Waals surface area contributed by atoms with E-state index in [1.807, 2.05) is 0 Å². The van der Waals surface area contributed by atoms with Gasteiger partial charge in [-0.15, -0.1) is 0 Å². The van der Waals surface area contributed by atoms with Gasteiger partial charge in [0.1, 0.15) is 0 Å². The van der Waals surface area contributed by atoms with Gasteiger partial charge in [-0.05, 0) is 21.0 Å². The van der Waals surface area contributed by atoms with Gasteiger partial charge >= 0.3 is 0 Å². The maximum atomic E-state index is 5.34. The molecule has 2 N–H and O–H groups in total. The SMILES string of the molecule is COCCN1CCN(C)CC1C1CN(C)C(C2CNCC=C2C)CN1. The third-order valence-corrected chi connectivity index (χ3v) is 6.41. The van der Waals surface area contributed by atoms with Gasteiger partial charge in [-0.2, -0.15) is 0 Å². The molecule has 0 spiro atoms. The van der Waals surface area contributed by atoms with Crippen molar-refractivity contribution >= 4 is 0 Å². The Balaban J connectivity index is 1.62. The summed E-state index contributed by atoms with van der Waals surface area (Å²) in [5.74, 6) is 0.630. The van der Waals surface area contributed by atoms with Crippen LogP contribution in [-0.2, 0) is 4.74 Å². The van der Waals surface area contributed by atoms with Crippen molar-refractivity contribution in [2.45, 2.75) is 25.0 Å². The Hall–Kier alpha value is -0.500. The lowest BCUT2D eigenvalue weighted by atomic mass is 9.86. The lowest BCUT2D eigenvalue weighted by molar-refractivity contribution is 0.0173. The summed E-state index contributed by atoms with van der Waals surface area (Å²) >= 11 is 0. The number of rotatable bonds is 5. The first kappa shape index (κ1) is 19.3. The van der Waals surface area contributed by atoms with Crippen LogP contribution >= 0.6 is 0 Å². The Labute approximate surface area is 153 Å². The molecule has 4 atom stereocenters. The van der Waals surface area contributed by atoms with E-state index in [1.54, 1.807) is 12.7 Å². The summed E-state index contributed by atoms with van der Waals surface area (Å²) in [5.41, 5.74) is 1.55. The van der Waals surface area contributed by atoms with Crippen molar-refractivity contribution in [3.8, 4) is 0 Å². The first-order valence-electron chi connectivity index (χ1n) is 9.82. The van der Waals surface area contributed by atoms with E-state index in [1.165, 1.54) is 0 Å². The number of piperazine rings is 2. The zero-order valence-corrected chi connectivity index (χ0v) is 16.5. The average molecular weight is 352 g/mol. The van der Waals surface area contributed by atoms with Gasteiger partial charge in [0.15, 0.2) is 0 Å². The van der Waals surface area contributed by atoms with Crippen LogP contribution in [0.2, 0.25) is 0 Å². The highest BCUT2D eigenvalue weighted by Crippen LogP contribution is 2.24. The van der Waals surface area contributed by atoms with Crippen molar-refractivity contribution in [2.75, 3.05) is 80.2 Å². The van der Waals surface area contributed by atoms with Crippen LogP contribution in [0.1, 0.15) is 6.92 Å². The molecule has 0 aromatic rings. The molecule has 0 aromatic heterocycles. The van der Waals surface area contributed by atoms with Crippen LogP contribution in [0.4, 0.5) is 0 Å². The number of hydrogen-bond acceptors (Lipinski definition) is 6. The quantitative estimate of drug-likeness (QED) is 0.663. The minimum absolute atomic E-state index is 0.529. The first-order valence-corrected chi connectivity index (χ1v) is 9.82. The van der Waals surface area contributed by atoms with E-state index in [4.69, 9.17) is 4.74 Å². The molecule has 2 fully saturated rings. The lowest BCUT2D eigenvalue weighted by Crippen LogP contribution is -2.68. The van der Waals surface area contributed by atoms with Crippen LogP contribution in [0.3, 0.4) is 0 Å². The van der Waals surface area contributed by atoms with Gasteiger partial charge in [0.05, 0.1) is 6.61 Å². The Morgan fingerprint density at radius 1 is 1.16 bits per heavy atom. The van der Waals surface area contributed by atoms with Gasteiger partial charge in [-0.3, -0.25) is 9.80 Å². The molecule has 0 amide bonds. The van der Waals surface area contributed by atoms with Gasteiger partial charge < -0.3 is 20.3 Å². The van der Waals surface area contributed by atoms with E-state index in [0.717, 1.165) is 59.0 Å². The molecule has 6 heteroatoms. The van der Waals surface area contributed by atoms with E-state index in [-0.39, 0.29) is 0 Å². The number of methoxy groups -OCH3 is 1. The van der Waals surface area contributed by atoms with Gasteiger partial charge in [-0.1, -0.05) is 11.6 Å². The Kier molecular flexibility index (Phi) is 6.88. The molecule has 0 aliphatic carbocycles. The molecule has 4 unspecified atom stereocenters. The summed E-state index contributed by atoms with van der Waals surface area (Å²) in [4.78, 5) is 7.70. The van der Waals surface area contributed by atoms with Crippen molar-refractivity contribution in [3.63, 3.8) is 0 Å². The number of nitrogens with zero attached hydrogens (tertiary/aromatic N) is 3. The zero-order valence-electron chi connectivity index (χ0n) is 16.5. The minimum Gasteiger partial charge on any atom is -0.383 e. The van der Waals surface area contributed by atoms with Crippen LogP contribution in [0.5, 0.6) is 0 Å². The molecular weight excluding hydrogens is 314 g/mol. The summed E-state index contributed by atoms with van der Waals surface area (Å²) in [6.07, 6.45) is 2.36. The second-order valence-electron chi connectivity index (χ2n) is 8.09. The predicted octanol–water partition coefficient (Wildman–Crippen LogP) is -0.313. The fourth-order valence-electron chi connectivity index (χ4n) is 4.73. The fourth-order valence-corrected chi connectivity index (χ4v) is 4.73. The fraction of sp³-hybridized carbons (Fsp3) is 0.895. The van der Waals surface area contributed by atoms with Crippen LogP contribution in [0.15, 0.2) is 11.6 Å². The van der Waals surface area contributed by atoms with Crippen molar-refractivity contribution in [3.05, 3.63) is 11.6 Å². The van der Waals surface area contributed by atoms with E-state index in [2.05, 4.69) is 52.4 Å². The summed E-state index contributed by atoms with van der Waals surface area (Å²) < 4.78 is 5.34. The van der Waals surface area contributed by atoms with Gasteiger partial charge in [-0.25, -0.2) is 0 Å². The Morgan fingerprint density at radius 3 is 2.72 bits per heavy atom. The van der Waals surface area contributed by atoms with E-state index in [9.17, 15) is 0 Å². The highest BCUT2D eigenvalue weighted by Gasteiger charge is 2.38. The van der Waals surface area contributed by atoms with Crippen LogP contribution < -0.4 is 10.6 Å². The highest BCUT2D eigenvalue weighted by atomic mass is 16.5. The molecule has 25 heavy (non-hydrogen) atoms. The summed E-state index contributed by atoms with van der Waals surface area (Å²) in [7, 11) is 6.36. The number of nitrogens with one attached hydrogen (secondary N) is 2. The number of ether oxygens (including phenoxy) is 1. The van der Waals surface area contributed by atoms with Crippen LogP contribution in [-0.4, -0.2) is 113 Å². The van der Waals surface area contributed by atoms with E-state index >= 15 is 0 Å². The molecule has 3 rings (SSSR count). The zero-order chi connectivity index (χ0) is 17.8. The van der Waals surface area contributed by atoms with E-state index < -0.39 is 0 Å². The smallest absolute Gasteiger partial charge is 0.0589 e. The second kappa shape index (κ2) is 8.93. The average Bonchev–Trinajstić information content (AvgIpc) is 2.61. The molecule has 0 aromatic carbocycles. The molecule has 0 saturated carbocycles. The van der Waals surface area contributed by atoms with Gasteiger partial charge in [0.25, 0.3) is 0 Å². The molecule has 0 bridgehead atoms. The molecule has 2 saturated heterocycles. The lowest BCUT2D eigenvalue weighted by Gasteiger charge is -2.49. The Morgan fingerprint density at radius 2 is 2.00 bits per heavy atom. The van der Waals surface area contributed by atoms with Crippen molar-refractivity contribution < 1.29 is 4.74 Å². The summed E-state index contributed by atoms with van der Waals surface area (Å²) in [6.45, 7) is 11.9. The third-order valence-electron chi connectivity index (χ3n) is 6.41. The number of likely N-dealkylation sites (N-methyl/N-ethyl adjacent to an activating group) is 2. The topological polar surface area (TPSA) is 43.0 Å². The van der Waals surface area contributed by atoms with Crippen molar-refractivity contribution in [1.29, 1.82) is 0 Å². The second-order valence-corrected chi connectivity index (χ2v) is 8.09. The molecule has 0 radical (unpaired) electrons. The minimum atomic E-state index is 0.529. The summed E-state index contributed by atoms with van der Waals surface area (Å²) in [5, 5.41) is 7.44. The van der Waals surface area contributed by atoms with Gasteiger partial charge in [0, 0.05) is 83.5 Å². The third kappa shape index (κ3) is 4.62. The van der Waals surface area contributed by atoms with Gasteiger partial charge in [0.2, 0.25) is 0 Å². The van der Waals surface area contributed by atoms with Crippen molar-refractivity contribution in [2.24, 2.45) is 5.92 Å². The summed E-state index contributed by atoms with van der Waals surface area (Å²) in [6, 6.07) is 1.69. The molecular formula is C19H37N5O. The van der Waals surface area contributed by atoms with E-state index in [0.29, 0.717) is 24.0 Å². The normalized spacial score (nSPS) is 36.4. The maximum absolute atomic E-state index is 5.34. The Bertz CT molecular complexity index is 455. The highest BCUT2D eigenvalue weighted by molar-refractivity contribution is 5.13. The van der Waals surface area contributed by atoms with Crippen molar-refractivity contribution in [1.82, 2.24) is 25.3 Å².